The second kappa shape index (κ2) is 7.69. The molecule has 1 heterocycles. The first kappa shape index (κ1) is 19.9. The van der Waals surface area contributed by atoms with Crippen LogP contribution in [0, 0.1) is 23.2 Å². The zero-order chi connectivity index (χ0) is 21.7. The number of nitrogens with one attached hydrogen (secondary N) is 3. The first-order valence-corrected chi connectivity index (χ1v) is 12.1. The van der Waals surface area contributed by atoms with Gasteiger partial charge in [-0.1, -0.05) is 12.1 Å². The summed E-state index contributed by atoms with van der Waals surface area (Å²) in [6.07, 6.45) is 8.49. The number of thiocarbonyl (C=S) groups is 1. The fourth-order valence-corrected chi connectivity index (χ4v) is 7.21. The summed E-state index contributed by atoms with van der Waals surface area (Å²) in [5.41, 5.74) is 4.05. The standard InChI is InChI=1S/C26H28N4OS/c31-23(15-26-12-16-9-17(13-26)11-18(10-16)14-26)30-25(32)27-20-7-5-19(6-8-20)24-28-21-3-1-2-4-22(21)29-24/h1-8,16-18H,9-15H2,(H,28,29)(H2,27,30,31,32). The first-order chi connectivity index (χ1) is 15.5. The number of carbonyl (C=O) groups excluding carboxylic acids is 1. The van der Waals surface area contributed by atoms with E-state index in [1.165, 1.54) is 38.5 Å². The van der Waals surface area contributed by atoms with Gasteiger partial charge in [0.15, 0.2) is 5.11 Å². The number of carbonyl (C=O) groups is 1. The number of H-pyrrole nitrogens is 1. The molecule has 0 aliphatic heterocycles. The quantitative estimate of drug-likeness (QED) is 0.455. The van der Waals surface area contributed by atoms with Crippen molar-refractivity contribution in [2.75, 3.05) is 5.32 Å². The van der Waals surface area contributed by atoms with Crippen molar-refractivity contribution in [2.45, 2.75) is 44.9 Å². The summed E-state index contributed by atoms with van der Waals surface area (Å²) < 4.78 is 0. The van der Waals surface area contributed by atoms with Gasteiger partial charge in [0.05, 0.1) is 11.0 Å². The lowest BCUT2D eigenvalue weighted by Crippen LogP contribution is -2.48. The molecule has 1 aromatic heterocycles. The van der Waals surface area contributed by atoms with Crippen LogP contribution >= 0.6 is 12.2 Å². The lowest BCUT2D eigenvalue weighted by atomic mass is 9.49. The van der Waals surface area contributed by atoms with Gasteiger partial charge >= 0.3 is 0 Å². The van der Waals surface area contributed by atoms with E-state index in [2.05, 4.69) is 20.6 Å². The zero-order valence-corrected chi connectivity index (χ0v) is 18.9. The molecule has 4 fully saturated rings. The summed E-state index contributed by atoms with van der Waals surface area (Å²) >= 11 is 5.43. The van der Waals surface area contributed by atoms with Crippen molar-refractivity contribution in [3.63, 3.8) is 0 Å². The molecule has 0 unspecified atom stereocenters. The number of fused-ring (bicyclic) bond motifs is 1. The molecule has 3 aromatic rings. The summed E-state index contributed by atoms with van der Waals surface area (Å²) in [5.74, 6) is 3.45. The first-order valence-electron chi connectivity index (χ1n) is 11.7. The van der Waals surface area contributed by atoms with Crippen LogP contribution in [0.25, 0.3) is 22.4 Å². The fraction of sp³-hybridized carbons (Fsp3) is 0.423. The Hall–Kier alpha value is -2.73. The van der Waals surface area contributed by atoms with Crippen LogP contribution in [0.5, 0.6) is 0 Å². The average Bonchev–Trinajstić information content (AvgIpc) is 3.17. The van der Waals surface area contributed by atoms with Crippen LogP contribution in [-0.4, -0.2) is 21.0 Å². The summed E-state index contributed by atoms with van der Waals surface area (Å²) in [6, 6.07) is 15.9. The maximum Gasteiger partial charge on any atom is 0.226 e. The highest BCUT2D eigenvalue weighted by atomic mass is 32.1. The van der Waals surface area contributed by atoms with Gasteiger partial charge in [0.1, 0.15) is 5.82 Å². The molecule has 2 aromatic carbocycles. The van der Waals surface area contributed by atoms with Gasteiger partial charge in [0.25, 0.3) is 0 Å². The number of hydrogen-bond donors (Lipinski definition) is 3. The minimum atomic E-state index is 0.0587. The van der Waals surface area contributed by atoms with Gasteiger partial charge < -0.3 is 15.6 Å². The van der Waals surface area contributed by atoms with E-state index in [4.69, 9.17) is 12.2 Å². The molecule has 4 saturated carbocycles. The van der Waals surface area contributed by atoms with Crippen molar-refractivity contribution < 1.29 is 4.79 Å². The van der Waals surface area contributed by atoms with Crippen LogP contribution in [0.4, 0.5) is 5.69 Å². The van der Waals surface area contributed by atoms with E-state index >= 15 is 0 Å². The lowest BCUT2D eigenvalue weighted by molar-refractivity contribution is -0.127. The van der Waals surface area contributed by atoms with Crippen molar-refractivity contribution in [1.29, 1.82) is 0 Å². The average molecular weight is 445 g/mol. The molecule has 4 aliphatic rings. The van der Waals surface area contributed by atoms with Crippen LogP contribution in [0.1, 0.15) is 44.9 Å². The Kier molecular flexibility index (Phi) is 4.79. The summed E-state index contributed by atoms with van der Waals surface area (Å²) in [7, 11) is 0. The highest BCUT2D eigenvalue weighted by Crippen LogP contribution is 2.61. The Morgan fingerprint density at radius 1 is 1.00 bits per heavy atom. The van der Waals surface area contributed by atoms with Crippen molar-refractivity contribution in [2.24, 2.45) is 23.2 Å². The van der Waals surface area contributed by atoms with Gasteiger partial charge in [-0.2, -0.15) is 0 Å². The molecule has 7 rings (SSSR count). The number of benzene rings is 2. The monoisotopic (exact) mass is 444 g/mol. The maximum absolute atomic E-state index is 12.8. The topological polar surface area (TPSA) is 69.8 Å². The molecule has 0 atom stereocenters. The van der Waals surface area contributed by atoms with Crippen LogP contribution < -0.4 is 10.6 Å². The number of imidazole rings is 1. The molecule has 4 bridgehead atoms. The van der Waals surface area contributed by atoms with Gasteiger partial charge in [-0.25, -0.2) is 4.98 Å². The minimum Gasteiger partial charge on any atom is -0.338 e. The van der Waals surface area contributed by atoms with Crippen molar-refractivity contribution in [1.82, 2.24) is 15.3 Å². The second-order valence-electron chi connectivity index (χ2n) is 10.3. The highest BCUT2D eigenvalue weighted by molar-refractivity contribution is 7.80. The van der Waals surface area contributed by atoms with Gasteiger partial charge in [0.2, 0.25) is 5.91 Å². The van der Waals surface area contributed by atoms with E-state index in [1.807, 2.05) is 48.5 Å². The smallest absolute Gasteiger partial charge is 0.226 e. The van der Waals surface area contributed by atoms with Crippen molar-refractivity contribution in [3.8, 4) is 11.4 Å². The molecule has 164 valence electrons. The van der Waals surface area contributed by atoms with Gasteiger partial charge in [-0.05, 0) is 110 Å². The molecule has 3 N–H and O–H groups in total. The van der Waals surface area contributed by atoms with E-state index in [0.717, 1.165) is 45.9 Å². The van der Waals surface area contributed by atoms with Crippen molar-refractivity contribution >= 4 is 40.0 Å². The fourth-order valence-electron chi connectivity index (χ4n) is 6.98. The van der Waals surface area contributed by atoms with Crippen LogP contribution in [-0.2, 0) is 4.79 Å². The lowest BCUT2D eigenvalue weighted by Gasteiger charge is -2.56. The number of rotatable bonds is 4. The highest BCUT2D eigenvalue weighted by Gasteiger charge is 2.51. The largest absolute Gasteiger partial charge is 0.338 e. The number of para-hydroxylation sites is 2. The molecule has 4 aliphatic carbocycles. The Bertz CT molecular complexity index is 1110. The molecule has 0 saturated heterocycles. The summed E-state index contributed by atoms with van der Waals surface area (Å²) in [5, 5.41) is 6.46. The van der Waals surface area contributed by atoms with E-state index in [9.17, 15) is 4.79 Å². The third-order valence-electron chi connectivity index (χ3n) is 7.76. The minimum absolute atomic E-state index is 0.0587. The Morgan fingerprint density at radius 2 is 1.66 bits per heavy atom. The van der Waals surface area contributed by atoms with Crippen molar-refractivity contribution in [3.05, 3.63) is 48.5 Å². The second-order valence-corrected chi connectivity index (χ2v) is 10.7. The SMILES string of the molecule is O=C(CC12CC3CC(CC(C3)C1)C2)NC(=S)Nc1ccc(-c2nc3ccccc3[nH]2)cc1. The third kappa shape index (κ3) is 3.81. The number of hydrogen-bond acceptors (Lipinski definition) is 3. The predicted molar refractivity (Wildman–Crippen MR) is 131 cm³/mol. The summed E-state index contributed by atoms with van der Waals surface area (Å²) in [6.45, 7) is 0. The maximum atomic E-state index is 12.8. The normalized spacial score (nSPS) is 28.1. The Morgan fingerprint density at radius 3 is 2.31 bits per heavy atom. The molecule has 0 spiro atoms. The number of anilines is 1. The third-order valence-corrected chi connectivity index (χ3v) is 7.96. The van der Waals surface area contributed by atoms with E-state index < -0.39 is 0 Å². The summed E-state index contributed by atoms with van der Waals surface area (Å²) in [4.78, 5) is 20.8. The molecule has 6 heteroatoms. The molecular weight excluding hydrogens is 416 g/mol. The van der Waals surface area contributed by atoms with Crippen LogP contribution in [0.3, 0.4) is 0 Å². The van der Waals surface area contributed by atoms with Crippen LogP contribution in [0.15, 0.2) is 48.5 Å². The van der Waals surface area contributed by atoms with Gasteiger partial charge in [-0.15, -0.1) is 0 Å². The van der Waals surface area contributed by atoms with Gasteiger partial charge in [-0.3, -0.25) is 4.79 Å². The number of amides is 1. The predicted octanol–water partition coefficient (Wildman–Crippen LogP) is 5.65. The van der Waals surface area contributed by atoms with Crippen LogP contribution in [0.2, 0.25) is 0 Å². The number of aromatic amines is 1. The number of nitrogens with zero attached hydrogens (tertiary/aromatic N) is 1. The Labute approximate surface area is 193 Å². The van der Waals surface area contributed by atoms with Gasteiger partial charge in [0, 0.05) is 17.7 Å². The molecule has 0 radical (unpaired) electrons. The molecule has 5 nitrogen and oxygen atoms in total. The Balaban J connectivity index is 1.07. The molecule has 32 heavy (non-hydrogen) atoms. The zero-order valence-electron chi connectivity index (χ0n) is 18.1. The van der Waals surface area contributed by atoms with E-state index in [1.54, 1.807) is 0 Å². The van der Waals surface area contributed by atoms with E-state index in [0.29, 0.717) is 11.5 Å². The molecular formula is C26H28N4OS. The van der Waals surface area contributed by atoms with E-state index in [-0.39, 0.29) is 11.3 Å². The number of aromatic nitrogens is 2. The molecule has 1 amide bonds.